The smallest absolute Gasteiger partial charge is 0.165 e. The van der Waals surface area contributed by atoms with Gasteiger partial charge in [0.25, 0.3) is 0 Å². The maximum atomic E-state index is 12.3. The molecule has 0 amide bonds. The second kappa shape index (κ2) is 4.74. The molecule has 17 heavy (non-hydrogen) atoms. The van der Waals surface area contributed by atoms with Crippen LogP contribution in [0.4, 0.5) is 0 Å². The molecule has 0 aliphatic rings. The van der Waals surface area contributed by atoms with Crippen molar-refractivity contribution < 1.29 is 4.79 Å². The molecule has 2 aromatic rings. The summed E-state index contributed by atoms with van der Waals surface area (Å²) in [6.07, 6.45) is 1.69. The van der Waals surface area contributed by atoms with Crippen LogP contribution in [0.15, 0.2) is 24.3 Å². The van der Waals surface area contributed by atoms with Gasteiger partial charge in [-0.05, 0) is 18.9 Å². The Morgan fingerprint density at radius 3 is 2.76 bits per heavy atom. The highest BCUT2D eigenvalue weighted by molar-refractivity contribution is 6.09. The third kappa shape index (κ3) is 2.26. The summed E-state index contributed by atoms with van der Waals surface area (Å²) < 4.78 is 0. The van der Waals surface area contributed by atoms with Crippen LogP contribution in [0, 0.1) is 12.8 Å². The van der Waals surface area contributed by atoms with Crippen LogP contribution in [-0.2, 0) is 0 Å². The van der Waals surface area contributed by atoms with Crippen LogP contribution in [0.3, 0.4) is 0 Å². The lowest BCUT2D eigenvalue weighted by Crippen LogP contribution is -2.06. The third-order valence-electron chi connectivity index (χ3n) is 3.40. The van der Waals surface area contributed by atoms with Crippen LogP contribution in [0.2, 0.25) is 0 Å². The molecule has 0 aliphatic carbocycles. The number of benzene rings is 1. The van der Waals surface area contributed by atoms with Gasteiger partial charge in [0.15, 0.2) is 5.78 Å². The van der Waals surface area contributed by atoms with E-state index in [0.717, 1.165) is 28.6 Å². The van der Waals surface area contributed by atoms with Gasteiger partial charge in [0, 0.05) is 28.6 Å². The Morgan fingerprint density at radius 1 is 1.35 bits per heavy atom. The van der Waals surface area contributed by atoms with Gasteiger partial charge in [-0.1, -0.05) is 38.5 Å². The van der Waals surface area contributed by atoms with Crippen molar-refractivity contribution in [3.8, 4) is 0 Å². The zero-order valence-corrected chi connectivity index (χ0v) is 10.7. The average molecular weight is 229 g/mol. The number of hydrogen-bond acceptors (Lipinski definition) is 1. The molecular formula is C15H19NO. The zero-order chi connectivity index (χ0) is 12.4. The molecule has 1 aromatic carbocycles. The van der Waals surface area contributed by atoms with Gasteiger partial charge < -0.3 is 4.98 Å². The number of rotatable bonds is 4. The fraction of sp³-hybridized carbons (Fsp3) is 0.400. The van der Waals surface area contributed by atoms with Crippen molar-refractivity contribution in [3.05, 3.63) is 35.5 Å². The number of ketones is 1. The van der Waals surface area contributed by atoms with E-state index in [4.69, 9.17) is 0 Å². The van der Waals surface area contributed by atoms with Gasteiger partial charge in [0.2, 0.25) is 0 Å². The number of carbonyl (C=O) groups is 1. The molecule has 0 saturated heterocycles. The monoisotopic (exact) mass is 229 g/mol. The number of hydrogen-bond donors (Lipinski definition) is 1. The number of aromatic nitrogens is 1. The van der Waals surface area contributed by atoms with Crippen molar-refractivity contribution in [3.63, 3.8) is 0 Å². The largest absolute Gasteiger partial charge is 0.358 e. The molecule has 90 valence electrons. The summed E-state index contributed by atoms with van der Waals surface area (Å²) in [4.78, 5) is 15.6. The molecule has 0 fully saturated rings. The molecule has 1 aromatic heterocycles. The summed E-state index contributed by atoms with van der Waals surface area (Å²) in [6.45, 7) is 6.23. The van der Waals surface area contributed by atoms with Crippen molar-refractivity contribution in [2.45, 2.75) is 33.6 Å². The number of carbonyl (C=O) groups excluding carboxylic acids is 1. The Labute approximate surface area is 102 Å². The van der Waals surface area contributed by atoms with Gasteiger partial charge in [0.05, 0.1) is 0 Å². The maximum absolute atomic E-state index is 12.3. The Kier molecular flexibility index (Phi) is 3.32. The summed E-state index contributed by atoms with van der Waals surface area (Å²) in [7, 11) is 0. The van der Waals surface area contributed by atoms with E-state index in [1.165, 1.54) is 0 Å². The van der Waals surface area contributed by atoms with E-state index >= 15 is 0 Å². The van der Waals surface area contributed by atoms with Crippen molar-refractivity contribution >= 4 is 16.7 Å². The molecule has 2 nitrogen and oxygen atoms in total. The fourth-order valence-corrected chi connectivity index (χ4v) is 2.20. The van der Waals surface area contributed by atoms with E-state index < -0.39 is 0 Å². The Morgan fingerprint density at radius 2 is 2.06 bits per heavy atom. The molecular weight excluding hydrogens is 210 g/mol. The van der Waals surface area contributed by atoms with Gasteiger partial charge in [-0.2, -0.15) is 0 Å². The molecule has 1 heterocycles. The first-order valence-electron chi connectivity index (χ1n) is 6.24. The normalized spacial score (nSPS) is 12.9. The number of nitrogens with one attached hydrogen (secondary N) is 1. The molecule has 0 spiro atoms. The van der Waals surface area contributed by atoms with Gasteiger partial charge in [-0.15, -0.1) is 0 Å². The summed E-state index contributed by atoms with van der Waals surface area (Å²) in [5, 5.41) is 1.05. The van der Waals surface area contributed by atoms with Crippen LogP contribution in [0.25, 0.3) is 10.9 Å². The summed E-state index contributed by atoms with van der Waals surface area (Å²) in [5.41, 5.74) is 2.91. The number of H-pyrrole nitrogens is 1. The third-order valence-corrected chi connectivity index (χ3v) is 3.40. The number of fused-ring (bicyclic) bond motifs is 1. The predicted octanol–water partition coefficient (Wildman–Crippen LogP) is 4.10. The first kappa shape index (κ1) is 11.9. The molecule has 0 saturated carbocycles. The highest BCUT2D eigenvalue weighted by Gasteiger charge is 2.17. The first-order chi connectivity index (χ1) is 8.13. The second-order valence-corrected chi connectivity index (χ2v) is 4.81. The number of aryl methyl sites for hydroxylation is 1. The van der Waals surface area contributed by atoms with Crippen LogP contribution < -0.4 is 0 Å². The van der Waals surface area contributed by atoms with E-state index in [1.54, 1.807) is 0 Å². The van der Waals surface area contributed by atoms with Gasteiger partial charge in [-0.25, -0.2) is 0 Å². The van der Waals surface area contributed by atoms with E-state index in [9.17, 15) is 4.79 Å². The zero-order valence-electron chi connectivity index (χ0n) is 10.7. The number of Topliss-reactive ketones (excluding diaryl/α,β-unsaturated/α-hetero) is 1. The van der Waals surface area contributed by atoms with Crippen molar-refractivity contribution in [1.82, 2.24) is 4.98 Å². The SMILES string of the molecule is CCC(C)CC(=O)c1c(C)[nH]c2ccccc12. The van der Waals surface area contributed by atoms with E-state index in [-0.39, 0.29) is 5.78 Å². The highest BCUT2D eigenvalue weighted by Crippen LogP contribution is 2.24. The molecule has 1 N–H and O–H groups in total. The Bertz CT molecular complexity index is 539. The van der Waals surface area contributed by atoms with Crippen LogP contribution >= 0.6 is 0 Å². The van der Waals surface area contributed by atoms with Crippen LogP contribution in [0.1, 0.15) is 42.7 Å². The number of aromatic amines is 1. The topological polar surface area (TPSA) is 32.9 Å². The summed E-state index contributed by atoms with van der Waals surface area (Å²) in [5.74, 6) is 0.713. The predicted molar refractivity (Wildman–Crippen MR) is 71.4 cm³/mol. The Balaban J connectivity index is 2.41. The summed E-state index contributed by atoms with van der Waals surface area (Å²) >= 11 is 0. The van der Waals surface area contributed by atoms with Crippen molar-refractivity contribution in [2.75, 3.05) is 0 Å². The second-order valence-electron chi connectivity index (χ2n) is 4.81. The molecule has 0 bridgehead atoms. The lowest BCUT2D eigenvalue weighted by Gasteiger charge is -2.07. The quantitative estimate of drug-likeness (QED) is 0.787. The highest BCUT2D eigenvalue weighted by atomic mass is 16.1. The lowest BCUT2D eigenvalue weighted by molar-refractivity contribution is 0.0965. The molecule has 1 unspecified atom stereocenters. The van der Waals surface area contributed by atoms with Gasteiger partial charge in [-0.3, -0.25) is 4.79 Å². The average Bonchev–Trinajstić information content (AvgIpc) is 2.64. The standard InChI is InChI=1S/C15H19NO/c1-4-10(2)9-14(17)15-11(3)16-13-8-6-5-7-12(13)15/h5-8,10,16H,4,9H2,1-3H3. The fourth-order valence-electron chi connectivity index (χ4n) is 2.20. The molecule has 0 aliphatic heterocycles. The molecule has 2 heteroatoms. The lowest BCUT2D eigenvalue weighted by atomic mass is 9.96. The minimum Gasteiger partial charge on any atom is -0.358 e. The minimum atomic E-state index is 0.259. The van der Waals surface area contributed by atoms with Crippen molar-refractivity contribution in [2.24, 2.45) is 5.92 Å². The van der Waals surface area contributed by atoms with E-state index in [0.29, 0.717) is 12.3 Å². The van der Waals surface area contributed by atoms with Crippen LogP contribution in [-0.4, -0.2) is 10.8 Å². The minimum absolute atomic E-state index is 0.259. The molecule has 1 atom stereocenters. The van der Waals surface area contributed by atoms with Gasteiger partial charge >= 0.3 is 0 Å². The Hall–Kier alpha value is -1.57. The van der Waals surface area contributed by atoms with E-state index in [2.05, 4.69) is 18.8 Å². The molecule has 0 radical (unpaired) electrons. The number of para-hydroxylation sites is 1. The molecule has 2 rings (SSSR count). The first-order valence-corrected chi connectivity index (χ1v) is 6.24. The van der Waals surface area contributed by atoms with E-state index in [1.807, 2.05) is 31.2 Å². The van der Waals surface area contributed by atoms with Crippen molar-refractivity contribution in [1.29, 1.82) is 0 Å². The van der Waals surface area contributed by atoms with Gasteiger partial charge in [0.1, 0.15) is 0 Å². The maximum Gasteiger partial charge on any atom is 0.165 e. The summed E-state index contributed by atoms with van der Waals surface area (Å²) in [6, 6.07) is 8.00. The van der Waals surface area contributed by atoms with Crippen LogP contribution in [0.5, 0.6) is 0 Å².